The fourth-order valence-electron chi connectivity index (χ4n) is 8.04. The van der Waals surface area contributed by atoms with Crippen LogP contribution in [0.25, 0.3) is 0 Å². The van der Waals surface area contributed by atoms with E-state index in [2.05, 4.69) is 13.0 Å². The second-order valence-corrected chi connectivity index (χ2v) is 11.3. The van der Waals surface area contributed by atoms with E-state index in [1.54, 1.807) is 18.6 Å². The lowest BCUT2D eigenvalue weighted by molar-refractivity contribution is 0.0442. The van der Waals surface area contributed by atoms with Crippen molar-refractivity contribution in [2.24, 2.45) is 41.4 Å². The minimum absolute atomic E-state index is 0.0531. The molecule has 1 aromatic carbocycles. The van der Waals surface area contributed by atoms with Gasteiger partial charge in [-0.15, -0.1) is 0 Å². The van der Waals surface area contributed by atoms with E-state index in [9.17, 15) is 4.39 Å². The second-order valence-electron chi connectivity index (χ2n) is 11.3. The van der Waals surface area contributed by atoms with Gasteiger partial charge in [0.2, 0.25) is 0 Å². The molecule has 0 bridgehead atoms. The highest BCUT2D eigenvalue weighted by atomic mass is 19.1. The molecule has 3 saturated carbocycles. The van der Waals surface area contributed by atoms with Crippen molar-refractivity contribution in [3.63, 3.8) is 0 Å². The number of rotatable bonds is 3. The Labute approximate surface area is 178 Å². The second kappa shape index (κ2) is 8.72. The highest BCUT2D eigenvalue weighted by molar-refractivity contribution is 5.30. The van der Waals surface area contributed by atoms with Crippen LogP contribution in [0.4, 0.5) is 4.39 Å². The van der Waals surface area contributed by atoms with E-state index in [1.807, 2.05) is 0 Å². The zero-order chi connectivity index (χ0) is 19.8. The van der Waals surface area contributed by atoms with Crippen molar-refractivity contribution in [3.8, 4) is 0 Å². The molecule has 1 aromatic rings. The summed E-state index contributed by atoms with van der Waals surface area (Å²) in [5, 5.41) is 0. The van der Waals surface area contributed by atoms with Crippen molar-refractivity contribution in [2.45, 2.75) is 96.8 Å². The SMILES string of the molecule is CCC1CCC(C2CCC3CC(C4CCc5cc(F)ccc5C4)CCC3C2)CC1. The van der Waals surface area contributed by atoms with Crippen LogP contribution in [0, 0.1) is 47.2 Å². The zero-order valence-electron chi connectivity index (χ0n) is 18.6. The summed E-state index contributed by atoms with van der Waals surface area (Å²) in [4.78, 5) is 0. The van der Waals surface area contributed by atoms with Gasteiger partial charge in [-0.25, -0.2) is 4.39 Å². The van der Waals surface area contributed by atoms with Crippen LogP contribution in [0.2, 0.25) is 0 Å². The Morgan fingerprint density at radius 3 is 1.93 bits per heavy atom. The molecule has 0 N–H and O–H groups in total. The van der Waals surface area contributed by atoms with Crippen molar-refractivity contribution in [2.75, 3.05) is 0 Å². The highest BCUT2D eigenvalue weighted by Crippen LogP contribution is 2.51. The Morgan fingerprint density at radius 2 is 1.28 bits per heavy atom. The third-order valence-electron chi connectivity index (χ3n) is 9.93. The smallest absolute Gasteiger partial charge is 0.123 e. The molecule has 0 aliphatic heterocycles. The van der Waals surface area contributed by atoms with Gasteiger partial charge in [-0.1, -0.05) is 32.3 Å². The van der Waals surface area contributed by atoms with Crippen LogP contribution in [0.3, 0.4) is 0 Å². The van der Waals surface area contributed by atoms with Crippen molar-refractivity contribution in [1.29, 1.82) is 0 Å². The molecule has 0 saturated heterocycles. The molecule has 0 heterocycles. The van der Waals surface area contributed by atoms with Crippen LogP contribution in [-0.2, 0) is 12.8 Å². The first-order valence-electron chi connectivity index (χ1n) is 13.0. The lowest BCUT2D eigenvalue weighted by atomic mass is 9.59. The topological polar surface area (TPSA) is 0 Å². The molecule has 0 spiro atoms. The van der Waals surface area contributed by atoms with E-state index < -0.39 is 0 Å². The van der Waals surface area contributed by atoms with Crippen LogP contribution in [0.5, 0.6) is 0 Å². The normalized spacial score (nSPS) is 40.1. The molecule has 29 heavy (non-hydrogen) atoms. The molecule has 0 nitrogen and oxygen atoms in total. The Bertz CT molecular complexity index is 686. The molecule has 3 fully saturated rings. The average molecular weight is 397 g/mol. The van der Waals surface area contributed by atoms with E-state index >= 15 is 0 Å². The molecule has 1 heteroatoms. The molecule has 5 atom stereocenters. The molecule has 5 rings (SSSR count). The van der Waals surface area contributed by atoms with Crippen molar-refractivity contribution < 1.29 is 4.39 Å². The van der Waals surface area contributed by atoms with Gasteiger partial charge in [0.1, 0.15) is 5.82 Å². The number of hydrogen-bond acceptors (Lipinski definition) is 0. The summed E-state index contributed by atoms with van der Waals surface area (Å²) in [7, 11) is 0. The predicted octanol–water partition coefficient (Wildman–Crippen LogP) is 7.98. The fraction of sp³-hybridized carbons (Fsp3) is 0.786. The monoisotopic (exact) mass is 396 g/mol. The van der Waals surface area contributed by atoms with E-state index in [0.29, 0.717) is 0 Å². The summed E-state index contributed by atoms with van der Waals surface area (Å²) in [6.07, 6.45) is 20.2. The standard InChI is InChI=1S/C28H41F/c1-2-19-3-5-20(6-4-19)21-7-8-23-16-24(10-9-22(23)15-21)25-11-12-27-18-28(29)14-13-26(27)17-25/h13-14,18-25H,2-12,15-17H2,1H3. The molecule has 5 unspecified atom stereocenters. The molecular formula is C28H41F. The van der Waals surface area contributed by atoms with E-state index in [-0.39, 0.29) is 5.82 Å². The average Bonchev–Trinajstić information content (AvgIpc) is 2.78. The van der Waals surface area contributed by atoms with E-state index in [0.717, 1.165) is 47.8 Å². The summed E-state index contributed by atoms with van der Waals surface area (Å²) >= 11 is 0. The van der Waals surface area contributed by atoms with Crippen molar-refractivity contribution >= 4 is 0 Å². The molecule has 0 aromatic heterocycles. The molecule has 4 aliphatic carbocycles. The first-order chi connectivity index (χ1) is 14.2. The molecule has 4 aliphatic rings. The number of hydrogen-bond donors (Lipinski definition) is 0. The first-order valence-corrected chi connectivity index (χ1v) is 13.0. The summed E-state index contributed by atoms with van der Waals surface area (Å²) in [6, 6.07) is 5.53. The zero-order valence-corrected chi connectivity index (χ0v) is 18.6. The van der Waals surface area contributed by atoms with Gasteiger partial charge in [0.25, 0.3) is 0 Å². The van der Waals surface area contributed by atoms with Crippen molar-refractivity contribution in [1.82, 2.24) is 0 Å². The number of aryl methyl sites for hydroxylation is 1. The maximum atomic E-state index is 13.5. The number of benzene rings is 1. The minimum Gasteiger partial charge on any atom is -0.207 e. The van der Waals surface area contributed by atoms with Gasteiger partial charge in [0.05, 0.1) is 0 Å². The maximum absolute atomic E-state index is 13.5. The molecule has 160 valence electrons. The van der Waals surface area contributed by atoms with Crippen LogP contribution < -0.4 is 0 Å². The Morgan fingerprint density at radius 1 is 0.690 bits per heavy atom. The largest absolute Gasteiger partial charge is 0.207 e. The van der Waals surface area contributed by atoms with Crippen LogP contribution in [0.15, 0.2) is 18.2 Å². The molecule has 0 amide bonds. The summed E-state index contributed by atoms with van der Waals surface area (Å²) < 4.78 is 13.5. The lowest BCUT2D eigenvalue weighted by Crippen LogP contribution is -2.37. The first kappa shape index (κ1) is 20.1. The highest BCUT2D eigenvalue weighted by Gasteiger charge is 2.40. The van der Waals surface area contributed by atoms with Gasteiger partial charge in [-0.3, -0.25) is 0 Å². The van der Waals surface area contributed by atoms with E-state index in [4.69, 9.17) is 0 Å². The number of halogens is 1. The van der Waals surface area contributed by atoms with Gasteiger partial charge in [-0.05, 0) is 135 Å². The van der Waals surface area contributed by atoms with Gasteiger partial charge in [0.15, 0.2) is 0 Å². The van der Waals surface area contributed by atoms with E-state index in [1.165, 1.54) is 88.2 Å². The molecule has 0 radical (unpaired) electrons. The van der Waals surface area contributed by atoms with Crippen LogP contribution in [-0.4, -0.2) is 0 Å². The van der Waals surface area contributed by atoms with Crippen LogP contribution in [0.1, 0.15) is 95.1 Å². The maximum Gasteiger partial charge on any atom is 0.123 e. The van der Waals surface area contributed by atoms with Gasteiger partial charge < -0.3 is 0 Å². The Kier molecular flexibility index (Phi) is 6.03. The van der Waals surface area contributed by atoms with Crippen LogP contribution >= 0.6 is 0 Å². The lowest BCUT2D eigenvalue weighted by Gasteiger charge is -2.47. The number of fused-ring (bicyclic) bond motifs is 2. The summed E-state index contributed by atoms with van der Waals surface area (Å²) in [6.45, 7) is 2.39. The van der Waals surface area contributed by atoms with Crippen molar-refractivity contribution in [3.05, 3.63) is 35.1 Å². The Hall–Kier alpha value is -0.850. The minimum atomic E-state index is -0.0531. The van der Waals surface area contributed by atoms with Gasteiger partial charge in [-0.2, -0.15) is 0 Å². The third-order valence-corrected chi connectivity index (χ3v) is 9.93. The fourth-order valence-corrected chi connectivity index (χ4v) is 8.04. The third kappa shape index (κ3) is 4.31. The predicted molar refractivity (Wildman–Crippen MR) is 119 cm³/mol. The summed E-state index contributed by atoms with van der Waals surface area (Å²) in [5.74, 6) is 6.96. The summed E-state index contributed by atoms with van der Waals surface area (Å²) in [5.41, 5.74) is 2.73. The Balaban J connectivity index is 1.15. The quantitative estimate of drug-likeness (QED) is 0.486. The molecular weight excluding hydrogens is 355 g/mol. The van der Waals surface area contributed by atoms with Gasteiger partial charge >= 0.3 is 0 Å². The van der Waals surface area contributed by atoms with Gasteiger partial charge in [0, 0.05) is 0 Å².